The van der Waals surface area contributed by atoms with Crippen LogP contribution in [0.2, 0.25) is 0 Å². The molecule has 0 radical (unpaired) electrons. The number of aliphatic hydroxyl groups excluding tert-OH is 1. The number of carbonyl (C=O) groups excluding carboxylic acids is 1. The molecule has 5 nitrogen and oxygen atoms in total. The highest BCUT2D eigenvalue weighted by Crippen LogP contribution is 2.03. The molecule has 14 heavy (non-hydrogen) atoms. The summed E-state index contributed by atoms with van der Waals surface area (Å²) >= 11 is 0. The Morgan fingerprint density at radius 2 is 2.21 bits per heavy atom. The van der Waals surface area contributed by atoms with Crippen molar-refractivity contribution in [1.82, 2.24) is 4.90 Å². The number of hydrogen-bond donors (Lipinski definition) is 2. The quantitative estimate of drug-likeness (QED) is 0.367. The van der Waals surface area contributed by atoms with Gasteiger partial charge < -0.3 is 10.2 Å². The van der Waals surface area contributed by atoms with Gasteiger partial charge in [0.25, 0.3) is 0 Å². The van der Waals surface area contributed by atoms with Gasteiger partial charge in [0.05, 0.1) is 0 Å². The largest absolute Gasteiger partial charge is 0.478 e. The first-order valence-corrected chi connectivity index (χ1v) is 3.96. The second kappa shape index (κ2) is 5.93. The smallest absolute Gasteiger partial charge is 0.330 e. The molecular weight excluding hydrogens is 186 g/mol. The normalized spacial score (nSPS) is 13.1. The molecular formula is C9H13NO4. The molecule has 0 aliphatic rings. The molecule has 2 N–H and O–H groups in total. The average Bonchev–Trinajstić information content (AvgIpc) is 2.15. The first kappa shape index (κ1) is 12.4. The van der Waals surface area contributed by atoms with Gasteiger partial charge in [-0.3, -0.25) is 9.69 Å². The van der Waals surface area contributed by atoms with Gasteiger partial charge in [0.15, 0.2) is 0 Å². The maximum absolute atomic E-state index is 10.4. The summed E-state index contributed by atoms with van der Waals surface area (Å²) in [6.45, 7) is 4.72. The molecule has 0 aromatic heterocycles. The summed E-state index contributed by atoms with van der Waals surface area (Å²) in [6, 6.07) is 0. The van der Waals surface area contributed by atoms with Crippen molar-refractivity contribution in [2.75, 3.05) is 0 Å². The molecule has 0 saturated carbocycles. The zero-order chi connectivity index (χ0) is 11.1. The molecule has 0 aliphatic heterocycles. The van der Waals surface area contributed by atoms with E-state index in [4.69, 9.17) is 5.11 Å². The highest BCUT2D eigenvalue weighted by molar-refractivity contribution is 5.85. The van der Waals surface area contributed by atoms with Crippen molar-refractivity contribution in [1.29, 1.82) is 0 Å². The monoisotopic (exact) mass is 199 g/mol. The maximum Gasteiger partial charge on any atom is 0.330 e. The first-order valence-electron chi connectivity index (χ1n) is 3.96. The van der Waals surface area contributed by atoms with Crippen molar-refractivity contribution in [3.63, 3.8) is 0 Å². The molecule has 0 aromatic rings. The molecule has 0 fully saturated rings. The Balaban J connectivity index is 4.25. The van der Waals surface area contributed by atoms with E-state index >= 15 is 0 Å². The van der Waals surface area contributed by atoms with Gasteiger partial charge in [-0.2, -0.15) is 0 Å². The molecule has 1 unspecified atom stereocenters. The van der Waals surface area contributed by atoms with Crippen molar-refractivity contribution in [3.05, 3.63) is 24.4 Å². The number of aliphatic hydroxyl groups is 1. The zero-order valence-corrected chi connectivity index (χ0v) is 7.88. The summed E-state index contributed by atoms with van der Waals surface area (Å²) in [5.74, 6) is -1.05. The molecule has 0 saturated heterocycles. The lowest BCUT2D eigenvalue weighted by atomic mass is 10.2. The molecule has 5 heteroatoms. The summed E-state index contributed by atoms with van der Waals surface area (Å²) in [7, 11) is 0. The Morgan fingerprint density at radius 1 is 1.64 bits per heavy atom. The number of hydrogen-bond acceptors (Lipinski definition) is 3. The number of amides is 1. The Morgan fingerprint density at radius 3 is 2.57 bits per heavy atom. The van der Waals surface area contributed by atoms with E-state index in [9.17, 15) is 14.7 Å². The highest BCUT2D eigenvalue weighted by Gasteiger charge is 2.09. The number of aliphatic carboxylic acids is 1. The maximum atomic E-state index is 10.4. The number of carboxylic acids is 1. The lowest BCUT2D eigenvalue weighted by Crippen LogP contribution is -2.28. The molecule has 1 amide bonds. The van der Waals surface area contributed by atoms with Gasteiger partial charge >= 0.3 is 5.97 Å². The molecule has 0 heterocycles. The molecule has 78 valence electrons. The van der Waals surface area contributed by atoms with Crippen LogP contribution in [0.1, 0.15) is 13.3 Å². The number of nitrogens with zero attached hydrogens (tertiary/aromatic N) is 1. The Hall–Kier alpha value is -1.62. The van der Waals surface area contributed by atoms with Gasteiger partial charge in [0.1, 0.15) is 6.23 Å². The van der Waals surface area contributed by atoms with E-state index in [0.717, 1.165) is 4.90 Å². The Kier molecular flexibility index (Phi) is 5.24. The van der Waals surface area contributed by atoms with Gasteiger partial charge in [0.2, 0.25) is 6.41 Å². The third-order valence-corrected chi connectivity index (χ3v) is 1.65. The van der Waals surface area contributed by atoms with E-state index in [-0.39, 0.29) is 12.0 Å². The van der Waals surface area contributed by atoms with Crippen LogP contribution in [-0.2, 0) is 9.59 Å². The second-order valence-electron chi connectivity index (χ2n) is 2.64. The third-order valence-electron chi connectivity index (χ3n) is 1.65. The number of carboxylic acid groups (broad SMARTS) is 1. The minimum Gasteiger partial charge on any atom is -0.478 e. The van der Waals surface area contributed by atoms with E-state index in [1.807, 2.05) is 0 Å². The van der Waals surface area contributed by atoms with E-state index < -0.39 is 12.2 Å². The standard InChI is InChI=1S/C9H13NO4/c1-3-10(6-11)8(12)5-4-7(2)9(13)14/h3-4,6,8,12H,1,5H2,2H3,(H,13,14). The molecule has 0 aliphatic carbocycles. The van der Waals surface area contributed by atoms with Gasteiger partial charge in [-0.15, -0.1) is 0 Å². The molecule has 0 spiro atoms. The lowest BCUT2D eigenvalue weighted by Gasteiger charge is -2.17. The Bertz CT molecular complexity index is 252. The van der Waals surface area contributed by atoms with E-state index in [2.05, 4.69) is 6.58 Å². The fraction of sp³-hybridized carbons (Fsp3) is 0.333. The van der Waals surface area contributed by atoms with Crippen molar-refractivity contribution in [2.45, 2.75) is 19.6 Å². The fourth-order valence-electron chi connectivity index (χ4n) is 0.726. The van der Waals surface area contributed by atoms with Gasteiger partial charge in [-0.25, -0.2) is 4.79 Å². The summed E-state index contributed by atoms with van der Waals surface area (Å²) in [5, 5.41) is 17.8. The molecule has 0 rings (SSSR count). The summed E-state index contributed by atoms with van der Waals surface area (Å²) in [5.41, 5.74) is 0.124. The SMILES string of the molecule is C=CN(C=O)C(O)CC=C(C)C(=O)O. The average molecular weight is 199 g/mol. The molecule has 0 aromatic carbocycles. The van der Waals surface area contributed by atoms with E-state index in [1.165, 1.54) is 19.2 Å². The van der Waals surface area contributed by atoms with Crippen molar-refractivity contribution < 1.29 is 19.8 Å². The first-order chi connectivity index (χ1) is 6.52. The zero-order valence-electron chi connectivity index (χ0n) is 7.88. The van der Waals surface area contributed by atoms with Crippen LogP contribution < -0.4 is 0 Å². The molecule has 0 bridgehead atoms. The predicted molar refractivity (Wildman–Crippen MR) is 50.1 cm³/mol. The third kappa shape index (κ3) is 3.86. The van der Waals surface area contributed by atoms with Crippen LogP contribution in [0.4, 0.5) is 0 Å². The van der Waals surface area contributed by atoms with E-state index in [1.54, 1.807) is 0 Å². The van der Waals surface area contributed by atoms with Crippen LogP contribution in [0.25, 0.3) is 0 Å². The minimum absolute atomic E-state index is 0.0584. The van der Waals surface area contributed by atoms with E-state index in [0.29, 0.717) is 6.41 Å². The van der Waals surface area contributed by atoms with Crippen LogP contribution in [0.15, 0.2) is 24.4 Å². The lowest BCUT2D eigenvalue weighted by molar-refractivity contribution is -0.132. The topological polar surface area (TPSA) is 77.8 Å². The van der Waals surface area contributed by atoms with Gasteiger partial charge in [-0.1, -0.05) is 12.7 Å². The fourth-order valence-corrected chi connectivity index (χ4v) is 0.726. The summed E-state index contributed by atoms with van der Waals surface area (Å²) in [6.07, 6.45) is 1.92. The minimum atomic E-state index is -1.07. The van der Waals surface area contributed by atoms with Crippen molar-refractivity contribution >= 4 is 12.4 Å². The number of rotatable bonds is 6. The summed E-state index contributed by atoms with van der Waals surface area (Å²) in [4.78, 5) is 21.6. The van der Waals surface area contributed by atoms with Crippen LogP contribution in [0.3, 0.4) is 0 Å². The van der Waals surface area contributed by atoms with Crippen LogP contribution in [0.5, 0.6) is 0 Å². The molecule has 1 atom stereocenters. The number of carbonyl (C=O) groups is 2. The van der Waals surface area contributed by atoms with Crippen molar-refractivity contribution in [3.8, 4) is 0 Å². The van der Waals surface area contributed by atoms with Crippen LogP contribution >= 0.6 is 0 Å². The van der Waals surface area contributed by atoms with Gasteiger partial charge in [0, 0.05) is 18.2 Å². The summed E-state index contributed by atoms with van der Waals surface area (Å²) < 4.78 is 0. The second-order valence-corrected chi connectivity index (χ2v) is 2.64. The van der Waals surface area contributed by atoms with Crippen LogP contribution in [-0.4, -0.2) is 33.7 Å². The highest BCUT2D eigenvalue weighted by atomic mass is 16.4. The predicted octanol–water partition coefficient (Wildman–Crippen LogP) is 0.328. The van der Waals surface area contributed by atoms with Gasteiger partial charge in [-0.05, 0) is 6.92 Å². The van der Waals surface area contributed by atoms with Crippen molar-refractivity contribution in [2.24, 2.45) is 0 Å². The van der Waals surface area contributed by atoms with Crippen LogP contribution in [0, 0.1) is 0 Å². The Labute approximate surface area is 82.0 Å².